The first-order chi connectivity index (χ1) is 21.7. The summed E-state index contributed by atoms with van der Waals surface area (Å²) in [5, 5.41) is 5.59. The van der Waals surface area contributed by atoms with Crippen LogP contribution in [0, 0.1) is 6.92 Å². The van der Waals surface area contributed by atoms with Crippen LogP contribution in [0.2, 0.25) is 0 Å². The fourth-order valence-electron chi connectivity index (χ4n) is 4.13. The van der Waals surface area contributed by atoms with Crippen LogP contribution in [0.3, 0.4) is 0 Å². The monoisotopic (exact) mass is 613 g/mol. The van der Waals surface area contributed by atoms with E-state index in [1.807, 2.05) is 57.1 Å². The zero-order valence-electron chi connectivity index (χ0n) is 27.1. The summed E-state index contributed by atoms with van der Waals surface area (Å²) in [7, 11) is 3.89. The maximum absolute atomic E-state index is 12.2. The summed E-state index contributed by atoms with van der Waals surface area (Å²) in [5.41, 5.74) is 4.08. The average molecular weight is 614 g/mol. The molecule has 10 heteroatoms. The van der Waals surface area contributed by atoms with Gasteiger partial charge in [0.05, 0.1) is 23.8 Å². The number of allylic oxidation sites excluding steroid dienone is 4. The second-order valence-electron chi connectivity index (χ2n) is 10.7. The third-order valence-corrected chi connectivity index (χ3v) is 6.53. The zero-order chi connectivity index (χ0) is 32.9. The van der Waals surface area contributed by atoms with Crippen LogP contribution in [-0.4, -0.2) is 65.4 Å². The molecule has 1 saturated heterocycles. The maximum atomic E-state index is 12.2. The lowest BCUT2D eigenvalue weighted by Gasteiger charge is -2.16. The Balaban J connectivity index is 0.000000320. The fourth-order valence-corrected chi connectivity index (χ4v) is 4.13. The third kappa shape index (κ3) is 16.0. The molecule has 1 fully saturated rings. The van der Waals surface area contributed by atoms with E-state index in [2.05, 4.69) is 61.3 Å². The number of anilines is 1. The fraction of sp³-hybridized carbons (Fsp3) is 0.343. The molecular formula is C35H47N7O3. The molecule has 10 nitrogen and oxygen atoms in total. The van der Waals surface area contributed by atoms with E-state index < -0.39 is 0 Å². The average Bonchev–Trinajstić information content (AvgIpc) is 3.47. The van der Waals surface area contributed by atoms with Crippen molar-refractivity contribution in [3.8, 4) is 0 Å². The van der Waals surface area contributed by atoms with E-state index in [4.69, 9.17) is 4.74 Å². The summed E-state index contributed by atoms with van der Waals surface area (Å²) in [6, 6.07) is 14.5. The van der Waals surface area contributed by atoms with Crippen LogP contribution in [0.5, 0.6) is 0 Å². The van der Waals surface area contributed by atoms with Gasteiger partial charge in [0.1, 0.15) is 12.4 Å². The number of hydrogen-bond acceptors (Lipinski definition) is 8. The SMILES string of the molecule is C/C(=C\CC(=O)NC1CCN(Cc2ccccc2)C1)OCc1cccnc1.C=C/C=C(\C)NC=O.Cc1cnc(N(C)C)cn1. The molecule has 2 amide bonds. The molecule has 1 aliphatic heterocycles. The van der Waals surface area contributed by atoms with Crippen molar-refractivity contribution in [2.45, 2.75) is 52.8 Å². The van der Waals surface area contributed by atoms with Crippen LogP contribution in [0.4, 0.5) is 5.82 Å². The number of hydrogen-bond donors (Lipinski definition) is 2. The van der Waals surface area contributed by atoms with Gasteiger partial charge in [-0.15, -0.1) is 0 Å². The van der Waals surface area contributed by atoms with E-state index >= 15 is 0 Å². The lowest BCUT2D eigenvalue weighted by Crippen LogP contribution is -2.36. The number of likely N-dealkylation sites (tertiary alicyclic amines) is 1. The minimum absolute atomic E-state index is 0.0471. The predicted octanol–water partition coefficient (Wildman–Crippen LogP) is 4.96. The number of amides is 2. The standard InChI is InChI=1S/C22H27N3O2.C7H11N3.C6H9NO/c1-18(27-17-20-8-5-12-23-14-20)9-10-22(26)24-21-11-13-25(16-21)15-19-6-3-2-4-7-19;1-6-4-9-7(5-8-6)10(2)3;1-3-4-6(2)7-5-8/h2-9,12,14,21H,10-11,13,15-17H2,1H3,(H,24,26);4-5H,1-3H3;3-5H,1H2,2H3,(H,7,8)/b18-9+;;6-4+. The van der Waals surface area contributed by atoms with E-state index in [0.29, 0.717) is 19.4 Å². The summed E-state index contributed by atoms with van der Waals surface area (Å²) < 4.78 is 5.66. The van der Waals surface area contributed by atoms with Crippen molar-refractivity contribution >= 4 is 18.1 Å². The summed E-state index contributed by atoms with van der Waals surface area (Å²) in [6.07, 6.45) is 14.2. The highest BCUT2D eigenvalue weighted by Crippen LogP contribution is 2.14. The highest BCUT2D eigenvalue weighted by molar-refractivity contribution is 5.77. The van der Waals surface area contributed by atoms with Gasteiger partial charge in [-0.1, -0.05) is 49.1 Å². The van der Waals surface area contributed by atoms with Crippen molar-refractivity contribution in [1.82, 2.24) is 30.5 Å². The number of aryl methyl sites for hydroxylation is 1. The second-order valence-corrected chi connectivity index (χ2v) is 10.7. The minimum Gasteiger partial charge on any atom is -0.494 e. The Hall–Kier alpha value is -4.83. The van der Waals surface area contributed by atoms with Crippen molar-refractivity contribution in [2.24, 2.45) is 0 Å². The number of pyridine rings is 1. The van der Waals surface area contributed by atoms with E-state index in [-0.39, 0.29) is 11.9 Å². The van der Waals surface area contributed by atoms with Crippen LogP contribution < -0.4 is 15.5 Å². The molecule has 4 rings (SSSR count). The van der Waals surface area contributed by atoms with Crippen molar-refractivity contribution < 1.29 is 14.3 Å². The molecule has 0 saturated carbocycles. The van der Waals surface area contributed by atoms with Crippen LogP contribution in [-0.2, 0) is 27.5 Å². The highest BCUT2D eigenvalue weighted by Gasteiger charge is 2.23. The molecule has 0 bridgehead atoms. The summed E-state index contributed by atoms with van der Waals surface area (Å²) >= 11 is 0. The number of ether oxygens (including phenoxy) is 1. The molecule has 3 aromatic rings. The number of nitrogens with zero attached hydrogens (tertiary/aromatic N) is 5. The number of aromatic nitrogens is 3. The third-order valence-electron chi connectivity index (χ3n) is 6.53. The Morgan fingerprint density at radius 3 is 2.47 bits per heavy atom. The van der Waals surface area contributed by atoms with Crippen molar-refractivity contribution in [3.63, 3.8) is 0 Å². The Kier molecular flexibility index (Phi) is 16.9. The number of nitrogens with one attached hydrogen (secondary N) is 2. The first-order valence-corrected chi connectivity index (χ1v) is 14.9. The molecule has 1 atom stereocenters. The topological polar surface area (TPSA) is 113 Å². The van der Waals surface area contributed by atoms with Gasteiger partial charge in [0, 0.05) is 69.8 Å². The molecule has 0 aliphatic carbocycles. The highest BCUT2D eigenvalue weighted by atomic mass is 16.5. The molecule has 45 heavy (non-hydrogen) atoms. The second kappa shape index (κ2) is 21.0. The van der Waals surface area contributed by atoms with E-state index in [9.17, 15) is 9.59 Å². The smallest absolute Gasteiger partial charge is 0.224 e. The lowest BCUT2D eigenvalue weighted by atomic mass is 10.2. The number of carbonyl (C=O) groups is 2. The van der Waals surface area contributed by atoms with Gasteiger partial charge in [0.15, 0.2) is 0 Å². The van der Waals surface area contributed by atoms with Gasteiger partial charge in [-0.2, -0.15) is 0 Å². The molecule has 2 aromatic heterocycles. The van der Waals surface area contributed by atoms with Crippen molar-refractivity contribution in [3.05, 3.63) is 120 Å². The van der Waals surface area contributed by atoms with Gasteiger partial charge in [-0.25, -0.2) is 4.98 Å². The van der Waals surface area contributed by atoms with Gasteiger partial charge in [-0.3, -0.25) is 24.5 Å². The first kappa shape index (κ1) is 36.4. The number of benzene rings is 1. The summed E-state index contributed by atoms with van der Waals surface area (Å²) in [6.45, 7) is 12.4. The Bertz CT molecular complexity index is 1340. The molecular weight excluding hydrogens is 566 g/mol. The van der Waals surface area contributed by atoms with Crippen LogP contribution in [0.1, 0.15) is 43.5 Å². The molecule has 1 aromatic carbocycles. The zero-order valence-corrected chi connectivity index (χ0v) is 27.1. The molecule has 0 radical (unpaired) electrons. The van der Waals surface area contributed by atoms with Crippen LogP contribution >= 0.6 is 0 Å². The minimum atomic E-state index is 0.0471. The molecule has 0 spiro atoms. The lowest BCUT2D eigenvalue weighted by molar-refractivity contribution is -0.121. The predicted molar refractivity (Wildman–Crippen MR) is 180 cm³/mol. The Labute approximate surface area is 267 Å². The molecule has 2 N–H and O–H groups in total. The molecule has 3 heterocycles. The summed E-state index contributed by atoms with van der Waals surface area (Å²) in [5.74, 6) is 1.70. The van der Waals surface area contributed by atoms with Crippen molar-refractivity contribution in [2.75, 3.05) is 32.1 Å². The van der Waals surface area contributed by atoms with Crippen molar-refractivity contribution in [1.29, 1.82) is 0 Å². The van der Waals surface area contributed by atoms with Gasteiger partial charge >= 0.3 is 0 Å². The van der Waals surface area contributed by atoms with Crippen LogP contribution in [0.15, 0.2) is 104 Å². The van der Waals surface area contributed by atoms with E-state index in [1.54, 1.807) is 43.9 Å². The Morgan fingerprint density at radius 2 is 1.84 bits per heavy atom. The van der Waals surface area contributed by atoms with Gasteiger partial charge < -0.3 is 20.3 Å². The maximum Gasteiger partial charge on any atom is 0.224 e. The van der Waals surface area contributed by atoms with E-state index in [1.165, 1.54) is 5.56 Å². The normalized spacial score (nSPS) is 14.6. The van der Waals surface area contributed by atoms with Crippen LogP contribution in [0.25, 0.3) is 0 Å². The first-order valence-electron chi connectivity index (χ1n) is 14.9. The molecule has 1 unspecified atom stereocenters. The van der Waals surface area contributed by atoms with Gasteiger partial charge in [0.25, 0.3) is 0 Å². The largest absolute Gasteiger partial charge is 0.494 e. The number of rotatable bonds is 12. The quantitative estimate of drug-likeness (QED) is 0.168. The molecule has 240 valence electrons. The van der Waals surface area contributed by atoms with Gasteiger partial charge in [-0.05, 0) is 51.0 Å². The van der Waals surface area contributed by atoms with E-state index in [0.717, 1.165) is 54.6 Å². The molecule has 1 aliphatic rings. The summed E-state index contributed by atoms with van der Waals surface area (Å²) in [4.78, 5) is 38.5. The Morgan fingerprint density at radius 1 is 1.09 bits per heavy atom. The van der Waals surface area contributed by atoms with Gasteiger partial charge in [0.2, 0.25) is 12.3 Å². The number of carbonyl (C=O) groups excluding carboxylic acids is 2.